The zero-order valence-electron chi connectivity index (χ0n) is 9.58. The Balaban J connectivity index is 1.85. The molecule has 0 amide bonds. The van der Waals surface area contributed by atoms with E-state index in [0.717, 1.165) is 17.0 Å². The molecule has 1 aliphatic carbocycles. The van der Waals surface area contributed by atoms with E-state index >= 15 is 0 Å². The second-order valence-electron chi connectivity index (χ2n) is 4.56. The van der Waals surface area contributed by atoms with Crippen molar-refractivity contribution >= 4 is 0 Å². The fourth-order valence-corrected chi connectivity index (χ4v) is 1.96. The molecule has 1 heterocycles. The topological polar surface area (TPSA) is 51.8 Å². The average molecular weight is 225 g/mol. The quantitative estimate of drug-likeness (QED) is 0.873. The zero-order chi connectivity index (χ0) is 11.7. The Morgan fingerprint density at radius 2 is 1.65 bits per heavy atom. The molecule has 0 bridgehead atoms. The van der Waals surface area contributed by atoms with Crippen molar-refractivity contribution in [3.05, 3.63) is 48.5 Å². The van der Waals surface area contributed by atoms with Crippen molar-refractivity contribution in [1.29, 1.82) is 0 Å². The zero-order valence-corrected chi connectivity index (χ0v) is 9.58. The standard InChI is InChI=1S/C14H15N3/c15-13(11-6-7-11)14-16-8-12(9-17-14)10-4-2-1-3-5-10/h1-5,8-9,11,13H,6-7,15H2. The lowest BCUT2D eigenvalue weighted by molar-refractivity contribution is 0.593. The molecule has 2 aromatic rings. The van der Waals surface area contributed by atoms with E-state index in [-0.39, 0.29) is 6.04 Å². The van der Waals surface area contributed by atoms with Crippen molar-refractivity contribution in [3.8, 4) is 11.1 Å². The van der Waals surface area contributed by atoms with Gasteiger partial charge in [0.2, 0.25) is 0 Å². The van der Waals surface area contributed by atoms with Gasteiger partial charge in [-0.15, -0.1) is 0 Å². The highest BCUT2D eigenvalue weighted by Crippen LogP contribution is 2.38. The molecule has 1 aromatic carbocycles. The molecule has 17 heavy (non-hydrogen) atoms. The molecule has 0 radical (unpaired) electrons. The lowest BCUT2D eigenvalue weighted by Crippen LogP contribution is -2.15. The fraction of sp³-hybridized carbons (Fsp3) is 0.286. The van der Waals surface area contributed by atoms with Crippen LogP contribution < -0.4 is 5.73 Å². The van der Waals surface area contributed by atoms with E-state index in [1.54, 1.807) is 0 Å². The van der Waals surface area contributed by atoms with E-state index in [1.165, 1.54) is 12.8 Å². The lowest BCUT2D eigenvalue weighted by atomic mass is 10.1. The van der Waals surface area contributed by atoms with E-state index < -0.39 is 0 Å². The lowest BCUT2D eigenvalue weighted by Gasteiger charge is -2.08. The Hall–Kier alpha value is -1.74. The molecule has 0 saturated heterocycles. The molecule has 0 spiro atoms. The smallest absolute Gasteiger partial charge is 0.145 e. The van der Waals surface area contributed by atoms with Gasteiger partial charge >= 0.3 is 0 Å². The highest BCUT2D eigenvalue weighted by Gasteiger charge is 2.31. The molecular formula is C14H15N3. The molecule has 3 rings (SSSR count). The molecule has 1 aliphatic rings. The summed E-state index contributed by atoms with van der Waals surface area (Å²) in [5, 5.41) is 0. The minimum atomic E-state index is 0.0137. The van der Waals surface area contributed by atoms with Crippen molar-refractivity contribution in [1.82, 2.24) is 9.97 Å². The van der Waals surface area contributed by atoms with Gasteiger partial charge < -0.3 is 5.73 Å². The van der Waals surface area contributed by atoms with Crippen LogP contribution in [-0.4, -0.2) is 9.97 Å². The van der Waals surface area contributed by atoms with Gasteiger partial charge in [0, 0.05) is 18.0 Å². The van der Waals surface area contributed by atoms with Gasteiger partial charge in [-0.25, -0.2) is 9.97 Å². The van der Waals surface area contributed by atoms with Gasteiger partial charge in [-0.1, -0.05) is 30.3 Å². The Kier molecular flexibility index (Phi) is 2.61. The first-order chi connectivity index (χ1) is 8.34. The van der Waals surface area contributed by atoms with Gasteiger partial charge in [0.05, 0.1) is 6.04 Å². The van der Waals surface area contributed by atoms with Crippen LogP contribution in [0.4, 0.5) is 0 Å². The summed E-state index contributed by atoms with van der Waals surface area (Å²) in [5.41, 5.74) is 8.24. The number of benzene rings is 1. The van der Waals surface area contributed by atoms with E-state index in [0.29, 0.717) is 5.92 Å². The van der Waals surface area contributed by atoms with Gasteiger partial charge in [0.1, 0.15) is 5.82 Å². The first kappa shape index (κ1) is 10.4. The molecule has 0 aliphatic heterocycles. The summed E-state index contributed by atoms with van der Waals surface area (Å²) in [6, 6.07) is 10.2. The Bertz CT molecular complexity index is 489. The number of rotatable bonds is 3. The number of nitrogens with two attached hydrogens (primary N) is 1. The summed E-state index contributed by atoms with van der Waals surface area (Å²) in [6.45, 7) is 0. The van der Waals surface area contributed by atoms with Crippen molar-refractivity contribution in [2.75, 3.05) is 0 Å². The minimum absolute atomic E-state index is 0.0137. The van der Waals surface area contributed by atoms with Gasteiger partial charge in [0.25, 0.3) is 0 Å². The maximum absolute atomic E-state index is 6.06. The largest absolute Gasteiger partial charge is 0.321 e. The first-order valence-corrected chi connectivity index (χ1v) is 5.97. The monoisotopic (exact) mass is 225 g/mol. The van der Waals surface area contributed by atoms with Crippen molar-refractivity contribution in [2.45, 2.75) is 18.9 Å². The molecule has 1 atom stereocenters. The molecule has 1 fully saturated rings. The van der Waals surface area contributed by atoms with Crippen molar-refractivity contribution in [3.63, 3.8) is 0 Å². The molecule has 3 nitrogen and oxygen atoms in total. The maximum Gasteiger partial charge on any atom is 0.145 e. The summed E-state index contributed by atoms with van der Waals surface area (Å²) >= 11 is 0. The third-order valence-electron chi connectivity index (χ3n) is 3.21. The van der Waals surface area contributed by atoms with Crippen LogP contribution in [0.25, 0.3) is 11.1 Å². The normalized spacial score (nSPS) is 16.8. The fourth-order valence-electron chi connectivity index (χ4n) is 1.96. The Morgan fingerprint density at radius 3 is 2.24 bits per heavy atom. The SMILES string of the molecule is NC(c1ncc(-c2ccccc2)cn1)C1CC1. The van der Waals surface area contributed by atoms with Gasteiger partial charge in [-0.2, -0.15) is 0 Å². The Labute approximate surface area is 101 Å². The van der Waals surface area contributed by atoms with Gasteiger partial charge in [-0.05, 0) is 24.3 Å². The molecule has 3 heteroatoms. The summed E-state index contributed by atoms with van der Waals surface area (Å²) < 4.78 is 0. The van der Waals surface area contributed by atoms with Gasteiger partial charge in [0.15, 0.2) is 0 Å². The highest BCUT2D eigenvalue weighted by molar-refractivity contribution is 5.60. The van der Waals surface area contributed by atoms with Crippen LogP contribution in [0.1, 0.15) is 24.7 Å². The van der Waals surface area contributed by atoms with E-state index in [1.807, 2.05) is 30.6 Å². The third kappa shape index (κ3) is 2.19. The van der Waals surface area contributed by atoms with Crippen LogP contribution in [0.5, 0.6) is 0 Å². The average Bonchev–Trinajstić information content (AvgIpc) is 3.24. The summed E-state index contributed by atoms with van der Waals surface area (Å²) in [7, 11) is 0. The summed E-state index contributed by atoms with van der Waals surface area (Å²) in [6.07, 6.45) is 6.15. The van der Waals surface area contributed by atoms with Crippen LogP contribution >= 0.6 is 0 Å². The van der Waals surface area contributed by atoms with Crippen molar-refractivity contribution in [2.24, 2.45) is 11.7 Å². The van der Waals surface area contributed by atoms with Crippen LogP contribution in [-0.2, 0) is 0 Å². The van der Waals surface area contributed by atoms with E-state index in [2.05, 4.69) is 22.1 Å². The first-order valence-electron chi connectivity index (χ1n) is 5.97. The van der Waals surface area contributed by atoms with Crippen LogP contribution in [0.2, 0.25) is 0 Å². The summed E-state index contributed by atoms with van der Waals surface area (Å²) in [5.74, 6) is 1.37. The third-order valence-corrected chi connectivity index (χ3v) is 3.21. The molecule has 1 unspecified atom stereocenters. The second-order valence-corrected chi connectivity index (χ2v) is 4.56. The Morgan fingerprint density at radius 1 is 1.00 bits per heavy atom. The van der Waals surface area contributed by atoms with Crippen molar-refractivity contribution < 1.29 is 0 Å². The van der Waals surface area contributed by atoms with Crippen LogP contribution in [0.15, 0.2) is 42.7 Å². The second kappa shape index (κ2) is 4.26. The molecule has 1 saturated carbocycles. The van der Waals surface area contributed by atoms with Crippen LogP contribution in [0.3, 0.4) is 0 Å². The number of hydrogen-bond donors (Lipinski definition) is 1. The highest BCUT2D eigenvalue weighted by atomic mass is 14.9. The summed E-state index contributed by atoms with van der Waals surface area (Å²) in [4.78, 5) is 8.76. The number of aromatic nitrogens is 2. The maximum atomic E-state index is 6.06. The van der Waals surface area contributed by atoms with E-state index in [4.69, 9.17) is 5.73 Å². The predicted molar refractivity (Wildman–Crippen MR) is 67.1 cm³/mol. The van der Waals surface area contributed by atoms with Gasteiger partial charge in [-0.3, -0.25) is 0 Å². The number of nitrogens with zero attached hydrogens (tertiary/aromatic N) is 2. The van der Waals surface area contributed by atoms with Crippen LogP contribution in [0, 0.1) is 5.92 Å². The molecular weight excluding hydrogens is 210 g/mol. The predicted octanol–water partition coefficient (Wildman–Crippen LogP) is 2.55. The van der Waals surface area contributed by atoms with E-state index in [9.17, 15) is 0 Å². The molecule has 1 aromatic heterocycles. The number of hydrogen-bond acceptors (Lipinski definition) is 3. The molecule has 2 N–H and O–H groups in total. The minimum Gasteiger partial charge on any atom is -0.321 e. The molecule has 86 valence electrons.